The first kappa shape index (κ1) is 12.9. The Bertz CT molecular complexity index is 112. The van der Waals surface area contributed by atoms with E-state index in [-0.39, 0.29) is 33.9 Å². The zero-order valence-corrected chi connectivity index (χ0v) is 10.0. The Balaban J connectivity index is 0. The predicted molar refractivity (Wildman–Crippen MR) is 28.2 cm³/mol. The van der Waals surface area contributed by atoms with E-state index in [1.807, 2.05) is 0 Å². The number of aliphatic carboxylic acids is 1. The van der Waals surface area contributed by atoms with Crippen LogP contribution in [0.25, 0.3) is 0 Å². The van der Waals surface area contributed by atoms with Gasteiger partial charge in [-0.2, -0.15) is 0 Å². The quantitative estimate of drug-likeness (QED) is 0.425. The fourth-order valence-electron chi connectivity index (χ4n) is 0.218. The van der Waals surface area contributed by atoms with Crippen LogP contribution in [0.5, 0.6) is 0 Å². The minimum atomic E-state index is -1.36. The van der Waals surface area contributed by atoms with Gasteiger partial charge in [0, 0.05) is 5.12 Å². The van der Waals surface area contributed by atoms with Gasteiger partial charge in [-0.3, -0.25) is 0 Å². The molecule has 10 heavy (non-hydrogen) atoms. The molecule has 0 rings (SSSR count). The first-order valence-corrected chi connectivity index (χ1v) is 2.51. The van der Waals surface area contributed by atoms with E-state index in [4.69, 9.17) is 0 Å². The molecule has 0 aliphatic heterocycles. The summed E-state index contributed by atoms with van der Waals surface area (Å²) in [6, 6.07) is 0. The van der Waals surface area contributed by atoms with Crippen LogP contribution in [0.4, 0.5) is 0 Å². The summed E-state index contributed by atoms with van der Waals surface area (Å²) >= 11 is 4.05. The average molecular weight is 261 g/mol. The van der Waals surface area contributed by atoms with E-state index >= 15 is 0 Å². The first-order chi connectivity index (χ1) is 4.13. The number of hydrogen-bond acceptors (Lipinski definition) is 5. The van der Waals surface area contributed by atoms with Crippen LogP contribution >= 0.6 is 0 Å². The molecule has 0 aliphatic carbocycles. The standard InChI is InChI=1S/C4H6O4S.Cd/c5-3(6)1-8-2-4(7)9;/h1-2H2,(H,5,6)(H,7,9);/q;+2/p-2. The largest absolute Gasteiger partial charge is 2.00 e. The summed E-state index contributed by atoms with van der Waals surface area (Å²) in [5.41, 5.74) is 0. The Kier molecular flexibility index (Phi) is 9.47. The van der Waals surface area contributed by atoms with Crippen molar-refractivity contribution in [3.63, 3.8) is 0 Å². The van der Waals surface area contributed by atoms with Crippen LogP contribution in [0.15, 0.2) is 0 Å². The Morgan fingerprint density at radius 1 is 1.40 bits per heavy atom. The summed E-state index contributed by atoms with van der Waals surface area (Å²) in [5, 5.41) is 8.98. The monoisotopic (exact) mass is 262 g/mol. The molecule has 0 aliphatic rings. The fraction of sp³-hybridized carbons (Fsp3) is 0.500. The molecular formula is C4H4CdO4S. The summed E-state index contributed by atoms with van der Waals surface area (Å²) in [6.45, 7) is -0.925. The van der Waals surface area contributed by atoms with Crippen molar-refractivity contribution in [1.82, 2.24) is 0 Å². The molecular weight excluding hydrogens is 257 g/mol. The van der Waals surface area contributed by atoms with E-state index in [1.54, 1.807) is 0 Å². The van der Waals surface area contributed by atoms with E-state index in [0.717, 1.165) is 0 Å². The summed E-state index contributed by atoms with van der Waals surface area (Å²) in [5.74, 6) is -1.36. The zero-order chi connectivity index (χ0) is 7.28. The summed E-state index contributed by atoms with van der Waals surface area (Å²) in [6.07, 6.45) is 0. The summed E-state index contributed by atoms with van der Waals surface area (Å²) in [7, 11) is 0. The Labute approximate surface area is 83.5 Å². The van der Waals surface area contributed by atoms with E-state index in [1.165, 1.54) is 0 Å². The van der Waals surface area contributed by atoms with Gasteiger partial charge in [0.05, 0.1) is 19.2 Å². The first-order valence-electron chi connectivity index (χ1n) is 2.10. The molecule has 0 bridgehead atoms. The van der Waals surface area contributed by atoms with Crippen molar-refractivity contribution in [3.05, 3.63) is 0 Å². The third-order valence-electron chi connectivity index (χ3n) is 0.440. The van der Waals surface area contributed by atoms with Crippen LogP contribution in [0.1, 0.15) is 0 Å². The Morgan fingerprint density at radius 3 is 2.20 bits per heavy atom. The second-order valence-corrected chi connectivity index (χ2v) is 1.69. The third kappa shape index (κ3) is 11.1. The van der Waals surface area contributed by atoms with Crippen LogP contribution < -0.4 is 5.11 Å². The van der Waals surface area contributed by atoms with Gasteiger partial charge in [0.15, 0.2) is 0 Å². The molecule has 4 nitrogen and oxygen atoms in total. The zero-order valence-electron chi connectivity index (χ0n) is 5.16. The molecule has 0 unspecified atom stereocenters. The van der Waals surface area contributed by atoms with Crippen LogP contribution in [0.2, 0.25) is 0 Å². The molecule has 0 saturated heterocycles. The predicted octanol–water partition coefficient (Wildman–Crippen LogP) is -2.18. The number of carboxylic acid groups (broad SMARTS) is 1. The molecule has 0 aromatic carbocycles. The summed E-state index contributed by atoms with van der Waals surface area (Å²) in [4.78, 5) is 19.5. The molecule has 0 aromatic heterocycles. The van der Waals surface area contributed by atoms with Gasteiger partial charge in [-0.15, -0.1) is 0 Å². The molecule has 0 atom stereocenters. The van der Waals surface area contributed by atoms with Crippen molar-refractivity contribution in [3.8, 4) is 0 Å². The Hall–Kier alpha value is 0.242. The van der Waals surface area contributed by atoms with Crippen LogP contribution in [-0.4, -0.2) is 24.3 Å². The van der Waals surface area contributed by atoms with E-state index in [0.29, 0.717) is 0 Å². The SMILES string of the molecule is O=C([O-])COCC(=O)[S-].[Cd+2]. The van der Waals surface area contributed by atoms with Gasteiger partial charge in [-0.25, -0.2) is 0 Å². The second-order valence-electron chi connectivity index (χ2n) is 1.24. The average Bonchev–Trinajstić information content (AvgIpc) is 1.63. The second kappa shape index (κ2) is 7.35. The third-order valence-corrected chi connectivity index (χ3v) is 0.558. The van der Waals surface area contributed by atoms with Crippen molar-refractivity contribution in [2.24, 2.45) is 0 Å². The number of ether oxygens (including phenoxy) is 1. The van der Waals surface area contributed by atoms with Gasteiger partial charge in [0.2, 0.25) is 0 Å². The smallest absolute Gasteiger partial charge is 0.740 e. The maximum Gasteiger partial charge on any atom is 2.00 e. The Morgan fingerprint density at radius 2 is 1.90 bits per heavy atom. The minimum absolute atomic E-state index is 0. The summed E-state index contributed by atoms with van der Waals surface area (Å²) < 4.78 is 4.24. The van der Waals surface area contributed by atoms with Gasteiger partial charge < -0.3 is 32.1 Å². The van der Waals surface area contributed by atoms with E-state index in [9.17, 15) is 14.7 Å². The fourth-order valence-corrected chi connectivity index (χ4v) is 0.301. The molecule has 0 spiro atoms. The van der Waals surface area contributed by atoms with Crippen LogP contribution in [-0.2, 0) is 54.3 Å². The number of rotatable bonds is 4. The number of carboxylic acids is 1. The maximum absolute atomic E-state index is 9.90. The molecule has 0 saturated carbocycles. The van der Waals surface area contributed by atoms with Gasteiger partial charge >= 0.3 is 27.3 Å². The topological polar surface area (TPSA) is 66.4 Å². The van der Waals surface area contributed by atoms with Crippen molar-refractivity contribution in [2.75, 3.05) is 13.2 Å². The van der Waals surface area contributed by atoms with Gasteiger partial charge in [-0.1, -0.05) is 0 Å². The molecule has 52 valence electrons. The van der Waals surface area contributed by atoms with Crippen molar-refractivity contribution < 1.29 is 46.7 Å². The molecule has 0 fully saturated rings. The van der Waals surface area contributed by atoms with E-state index < -0.39 is 17.7 Å². The normalized spacial score (nSPS) is 8.00. The molecule has 0 amide bonds. The van der Waals surface area contributed by atoms with Gasteiger partial charge in [0.25, 0.3) is 0 Å². The maximum atomic E-state index is 9.90. The molecule has 6 heteroatoms. The molecule has 0 radical (unpaired) electrons. The van der Waals surface area contributed by atoms with Gasteiger partial charge in [0.1, 0.15) is 0 Å². The van der Waals surface area contributed by atoms with Crippen LogP contribution in [0, 0.1) is 0 Å². The number of carbonyl (C=O) groups excluding carboxylic acids is 2. The number of carbonyl (C=O) groups is 2. The van der Waals surface area contributed by atoms with Crippen LogP contribution in [0.3, 0.4) is 0 Å². The minimum Gasteiger partial charge on any atom is -0.740 e. The molecule has 0 N–H and O–H groups in total. The molecule has 0 aromatic rings. The van der Waals surface area contributed by atoms with Crippen molar-refractivity contribution in [1.29, 1.82) is 0 Å². The van der Waals surface area contributed by atoms with Crippen molar-refractivity contribution >= 4 is 23.7 Å². The molecule has 0 heterocycles. The van der Waals surface area contributed by atoms with E-state index in [2.05, 4.69) is 17.4 Å². The van der Waals surface area contributed by atoms with Gasteiger partial charge in [-0.05, 0) is 0 Å². The number of hydrogen-bond donors (Lipinski definition) is 0. The van der Waals surface area contributed by atoms with Crippen molar-refractivity contribution in [2.45, 2.75) is 0 Å².